The molecule has 0 aromatic carbocycles. The first-order chi connectivity index (χ1) is 8.87. The summed E-state index contributed by atoms with van der Waals surface area (Å²) in [6.07, 6.45) is 5.08. The third-order valence-electron chi connectivity index (χ3n) is 4.79. The highest BCUT2D eigenvalue weighted by molar-refractivity contribution is 4.95. The molecule has 1 saturated carbocycles. The SMILES string of the molecule is CC1CCCC(CNCC(C)(CO)CO)(N(C)C)C1. The van der Waals surface area contributed by atoms with Crippen molar-refractivity contribution in [2.45, 2.75) is 45.1 Å². The van der Waals surface area contributed by atoms with Gasteiger partial charge in [0.25, 0.3) is 0 Å². The van der Waals surface area contributed by atoms with E-state index in [1.807, 2.05) is 6.92 Å². The van der Waals surface area contributed by atoms with Gasteiger partial charge in [0.1, 0.15) is 0 Å². The Morgan fingerprint density at radius 3 is 2.42 bits per heavy atom. The van der Waals surface area contributed by atoms with Crippen molar-refractivity contribution in [2.24, 2.45) is 11.3 Å². The van der Waals surface area contributed by atoms with Crippen LogP contribution in [0.1, 0.15) is 39.5 Å². The predicted molar refractivity (Wildman–Crippen MR) is 79.2 cm³/mol. The highest BCUT2D eigenvalue weighted by Gasteiger charge is 2.37. The highest BCUT2D eigenvalue weighted by Crippen LogP contribution is 2.35. The van der Waals surface area contributed by atoms with Gasteiger partial charge in [-0.1, -0.05) is 26.7 Å². The van der Waals surface area contributed by atoms with Crippen molar-refractivity contribution in [1.29, 1.82) is 0 Å². The molecular weight excluding hydrogens is 240 g/mol. The second kappa shape index (κ2) is 7.02. The van der Waals surface area contributed by atoms with E-state index in [0.29, 0.717) is 6.54 Å². The minimum absolute atomic E-state index is 0.0157. The van der Waals surface area contributed by atoms with Gasteiger partial charge in [-0.25, -0.2) is 0 Å². The number of rotatable bonds is 7. The summed E-state index contributed by atoms with van der Waals surface area (Å²) in [4.78, 5) is 2.35. The van der Waals surface area contributed by atoms with E-state index in [0.717, 1.165) is 12.5 Å². The number of aliphatic hydroxyl groups excluding tert-OH is 2. The molecule has 1 rings (SSSR count). The monoisotopic (exact) mass is 272 g/mol. The summed E-state index contributed by atoms with van der Waals surface area (Å²) in [6.45, 7) is 5.86. The fourth-order valence-electron chi connectivity index (χ4n) is 3.12. The van der Waals surface area contributed by atoms with E-state index in [1.54, 1.807) is 0 Å². The van der Waals surface area contributed by atoms with Crippen LogP contribution in [-0.4, -0.2) is 61.1 Å². The van der Waals surface area contributed by atoms with Gasteiger partial charge in [0.05, 0.1) is 13.2 Å². The van der Waals surface area contributed by atoms with E-state index in [1.165, 1.54) is 25.7 Å². The standard InChI is InChI=1S/C15H32N2O2/c1-13-6-5-7-15(8-13,17(3)4)10-16-9-14(2,11-18)12-19/h13,16,18-19H,5-12H2,1-4H3. The van der Waals surface area contributed by atoms with Crippen LogP contribution in [-0.2, 0) is 0 Å². The van der Waals surface area contributed by atoms with Crippen LogP contribution in [0.25, 0.3) is 0 Å². The Morgan fingerprint density at radius 1 is 1.32 bits per heavy atom. The summed E-state index contributed by atoms with van der Waals surface area (Å²) in [6, 6.07) is 0. The summed E-state index contributed by atoms with van der Waals surface area (Å²) in [5.74, 6) is 0.778. The van der Waals surface area contributed by atoms with Gasteiger partial charge in [0.15, 0.2) is 0 Å². The maximum atomic E-state index is 9.33. The topological polar surface area (TPSA) is 55.7 Å². The zero-order valence-corrected chi connectivity index (χ0v) is 13.1. The minimum atomic E-state index is -0.423. The Morgan fingerprint density at radius 2 is 1.95 bits per heavy atom. The van der Waals surface area contributed by atoms with Crippen LogP contribution in [0.5, 0.6) is 0 Å². The fourth-order valence-corrected chi connectivity index (χ4v) is 3.12. The van der Waals surface area contributed by atoms with Crippen LogP contribution in [0.4, 0.5) is 0 Å². The zero-order valence-electron chi connectivity index (χ0n) is 13.1. The molecule has 1 aliphatic carbocycles. The molecule has 0 bridgehead atoms. The van der Waals surface area contributed by atoms with Gasteiger partial charge in [0, 0.05) is 24.0 Å². The number of nitrogens with zero attached hydrogens (tertiary/aromatic N) is 1. The number of nitrogens with one attached hydrogen (secondary N) is 1. The highest BCUT2D eigenvalue weighted by atomic mass is 16.3. The quantitative estimate of drug-likeness (QED) is 0.649. The molecule has 1 aliphatic rings. The van der Waals surface area contributed by atoms with Crippen LogP contribution >= 0.6 is 0 Å². The number of hydrogen-bond donors (Lipinski definition) is 3. The molecule has 4 nitrogen and oxygen atoms in total. The second-order valence-electron chi connectivity index (χ2n) is 7.05. The van der Waals surface area contributed by atoms with Crippen molar-refractivity contribution in [1.82, 2.24) is 10.2 Å². The van der Waals surface area contributed by atoms with Gasteiger partial charge in [-0.3, -0.25) is 0 Å². The van der Waals surface area contributed by atoms with Crippen LogP contribution in [0.2, 0.25) is 0 Å². The van der Waals surface area contributed by atoms with Crippen molar-refractivity contribution in [3.05, 3.63) is 0 Å². The van der Waals surface area contributed by atoms with Crippen molar-refractivity contribution < 1.29 is 10.2 Å². The lowest BCUT2D eigenvalue weighted by molar-refractivity contribution is 0.0496. The van der Waals surface area contributed by atoms with E-state index in [2.05, 4.69) is 31.2 Å². The Kier molecular flexibility index (Phi) is 6.24. The molecular formula is C15H32N2O2. The van der Waals surface area contributed by atoms with Crippen molar-refractivity contribution in [3.8, 4) is 0 Å². The van der Waals surface area contributed by atoms with Crippen LogP contribution in [0, 0.1) is 11.3 Å². The van der Waals surface area contributed by atoms with Crippen LogP contribution in [0.3, 0.4) is 0 Å². The van der Waals surface area contributed by atoms with Crippen molar-refractivity contribution in [2.75, 3.05) is 40.4 Å². The minimum Gasteiger partial charge on any atom is -0.396 e. The Labute approximate surface area is 118 Å². The number of likely N-dealkylation sites (N-methyl/N-ethyl adjacent to an activating group) is 1. The third kappa shape index (κ3) is 4.42. The lowest BCUT2D eigenvalue weighted by Gasteiger charge is -2.46. The molecule has 0 heterocycles. The molecule has 2 atom stereocenters. The first kappa shape index (κ1) is 16.9. The average molecular weight is 272 g/mol. The van der Waals surface area contributed by atoms with Gasteiger partial charge in [-0.05, 0) is 32.9 Å². The summed E-state index contributed by atoms with van der Waals surface area (Å²) in [5, 5.41) is 22.1. The normalized spacial score (nSPS) is 28.9. The lowest BCUT2D eigenvalue weighted by Crippen LogP contribution is -2.55. The lowest BCUT2D eigenvalue weighted by atomic mass is 9.75. The Bertz CT molecular complexity index is 267. The Hall–Kier alpha value is -0.160. The van der Waals surface area contributed by atoms with Gasteiger partial charge in [0.2, 0.25) is 0 Å². The fraction of sp³-hybridized carbons (Fsp3) is 1.00. The molecule has 2 unspecified atom stereocenters. The molecule has 19 heavy (non-hydrogen) atoms. The van der Waals surface area contributed by atoms with Gasteiger partial charge >= 0.3 is 0 Å². The van der Waals surface area contributed by atoms with Gasteiger partial charge < -0.3 is 20.4 Å². The summed E-state index contributed by atoms with van der Waals surface area (Å²) >= 11 is 0. The smallest absolute Gasteiger partial charge is 0.0518 e. The van der Waals surface area contributed by atoms with Gasteiger partial charge in [-0.15, -0.1) is 0 Å². The number of aliphatic hydroxyl groups is 2. The van der Waals surface area contributed by atoms with Crippen molar-refractivity contribution >= 4 is 0 Å². The second-order valence-corrected chi connectivity index (χ2v) is 7.05. The maximum Gasteiger partial charge on any atom is 0.0518 e. The molecule has 3 N–H and O–H groups in total. The van der Waals surface area contributed by atoms with E-state index in [9.17, 15) is 10.2 Å². The first-order valence-corrected chi connectivity index (χ1v) is 7.47. The van der Waals surface area contributed by atoms with E-state index in [-0.39, 0.29) is 18.8 Å². The average Bonchev–Trinajstić information content (AvgIpc) is 2.38. The van der Waals surface area contributed by atoms with Crippen LogP contribution in [0.15, 0.2) is 0 Å². The maximum absolute atomic E-state index is 9.33. The van der Waals surface area contributed by atoms with E-state index >= 15 is 0 Å². The summed E-state index contributed by atoms with van der Waals surface area (Å²) in [5.41, 5.74) is -0.197. The van der Waals surface area contributed by atoms with Crippen LogP contribution < -0.4 is 5.32 Å². The van der Waals surface area contributed by atoms with E-state index in [4.69, 9.17) is 0 Å². The molecule has 114 valence electrons. The zero-order chi connectivity index (χ0) is 14.5. The first-order valence-electron chi connectivity index (χ1n) is 7.47. The molecule has 0 saturated heterocycles. The predicted octanol–water partition coefficient (Wildman–Crippen LogP) is 1.08. The third-order valence-corrected chi connectivity index (χ3v) is 4.79. The molecule has 0 aliphatic heterocycles. The molecule has 1 fully saturated rings. The molecule has 0 spiro atoms. The summed E-state index contributed by atoms with van der Waals surface area (Å²) < 4.78 is 0. The molecule has 0 aromatic rings. The number of hydrogen-bond acceptors (Lipinski definition) is 4. The molecule has 4 heteroatoms. The molecule has 0 aromatic heterocycles. The molecule has 0 radical (unpaired) electrons. The van der Waals surface area contributed by atoms with Gasteiger partial charge in [-0.2, -0.15) is 0 Å². The Balaban J connectivity index is 2.55. The summed E-state index contributed by atoms with van der Waals surface area (Å²) in [7, 11) is 4.33. The molecule has 0 amide bonds. The largest absolute Gasteiger partial charge is 0.396 e. The van der Waals surface area contributed by atoms with E-state index < -0.39 is 5.41 Å². The van der Waals surface area contributed by atoms with Crippen molar-refractivity contribution in [3.63, 3.8) is 0 Å².